The van der Waals surface area contributed by atoms with Gasteiger partial charge in [-0.1, -0.05) is 6.07 Å². The van der Waals surface area contributed by atoms with Crippen LogP contribution in [-0.4, -0.2) is 57.4 Å². The largest absolute Gasteiger partial charge is 0.348 e. The third-order valence-electron chi connectivity index (χ3n) is 6.52. The van der Waals surface area contributed by atoms with Crippen molar-refractivity contribution in [2.24, 2.45) is 5.92 Å². The highest BCUT2D eigenvalue weighted by Crippen LogP contribution is 2.32. The number of nitrogens with one attached hydrogen (secondary N) is 2. The van der Waals surface area contributed by atoms with Gasteiger partial charge in [-0.2, -0.15) is 4.31 Å². The number of amides is 1. The van der Waals surface area contributed by atoms with Crippen molar-refractivity contribution in [3.8, 4) is 0 Å². The Hall–Kier alpha value is -1.44. The van der Waals surface area contributed by atoms with Crippen molar-refractivity contribution in [1.82, 2.24) is 9.62 Å². The molecule has 0 radical (unpaired) electrons. The van der Waals surface area contributed by atoms with E-state index >= 15 is 0 Å². The number of carbonyl (C=O) groups excluding carboxylic acids is 1. The zero-order chi connectivity index (χ0) is 19.7. The Morgan fingerprint density at radius 1 is 1.18 bits per heavy atom. The average Bonchev–Trinajstić information content (AvgIpc) is 3.53. The van der Waals surface area contributed by atoms with Gasteiger partial charge in [0.15, 0.2) is 6.54 Å². The van der Waals surface area contributed by atoms with Crippen molar-refractivity contribution in [1.29, 1.82) is 0 Å². The van der Waals surface area contributed by atoms with E-state index in [-0.39, 0.29) is 11.9 Å². The molecule has 1 amide bonds. The van der Waals surface area contributed by atoms with Gasteiger partial charge in [-0.15, -0.1) is 0 Å². The quantitative estimate of drug-likeness (QED) is 0.717. The highest BCUT2D eigenvalue weighted by molar-refractivity contribution is 7.89. The van der Waals surface area contributed by atoms with Crippen molar-refractivity contribution in [2.75, 3.05) is 32.7 Å². The van der Waals surface area contributed by atoms with Crippen LogP contribution in [-0.2, 0) is 27.7 Å². The van der Waals surface area contributed by atoms with Crippen LogP contribution in [0.1, 0.15) is 43.7 Å². The minimum Gasteiger partial charge on any atom is -0.348 e. The second-order valence-electron chi connectivity index (χ2n) is 8.66. The van der Waals surface area contributed by atoms with Crippen LogP contribution in [0.2, 0.25) is 0 Å². The number of quaternary nitrogens is 1. The standard InChI is InChI=1S/C21H31N3O3S/c1-16(17-6-7-17)22-21(25)15-23-10-12-24(13-11-23)28(26,27)20-9-8-18-4-2-3-5-19(18)14-20/h8-9,14,16-17H,2-7,10-13,15H2,1H3,(H,22,25)/p+1/t16-/m0/s1. The Kier molecular flexibility index (Phi) is 5.76. The third-order valence-corrected chi connectivity index (χ3v) is 8.41. The van der Waals surface area contributed by atoms with E-state index in [1.54, 1.807) is 10.4 Å². The first kappa shape index (κ1) is 19.9. The Bertz CT molecular complexity index is 827. The molecule has 154 valence electrons. The van der Waals surface area contributed by atoms with E-state index < -0.39 is 10.0 Å². The molecule has 2 N–H and O–H groups in total. The molecule has 7 heteroatoms. The van der Waals surface area contributed by atoms with E-state index in [0.717, 1.165) is 24.2 Å². The van der Waals surface area contributed by atoms with Crippen molar-refractivity contribution in [3.63, 3.8) is 0 Å². The molecule has 1 heterocycles. The topological polar surface area (TPSA) is 70.9 Å². The maximum absolute atomic E-state index is 13.1. The lowest BCUT2D eigenvalue weighted by Gasteiger charge is -2.31. The molecule has 1 aliphatic heterocycles. The van der Waals surface area contributed by atoms with Crippen molar-refractivity contribution < 1.29 is 18.1 Å². The predicted octanol–water partition coefficient (Wildman–Crippen LogP) is 0.369. The number of aryl methyl sites for hydroxylation is 2. The molecule has 3 aliphatic rings. The number of hydrogen-bond donors (Lipinski definition) is 2. The predicted molar refractivity (Wildman–Crippen MR) is 108 cm³/mol. The number of nitrogens with zero attached hydrogens (tertiary/aromatic N) is 1. The number of piperazine rings is 1. The van der Waals surface area contributed by atoms with E-state index in [1.165, 1.54) is 30.4 Å². The summed E-state index contributed by atoms with van der Waals surface area (Å²) in [6.45, 7) is 4.81. The highest BCUT2D eigenvalue weighted by atomic mass is 32.2. The summed E-state index contributed by atoms with van der Waals surface area (Å²) in [6.07, 6.45) is 6.79. The van der Waals surface area contributed by atoms with Gasteiger partial charge >= 0.3 is 0 Å². The van der Waals surface area contributed by atoms with Crippen LogP contribution in [0.15, 0.2) is 23.1 Å². The summed E-state index contributed by atoms with van der Waals surface area (Å²) in [6, 6.07) is 5.91. The second kappa shape index (κ2) is 8.13. The second-order valence-corrected chi connectivity index (χ2v) is 10.6. The monoisotopic (exact) mass is 406 g/mol. The first-order valence-corrected chi connectivity index (χ1v) is 12.1. The van der Waals surface area contributed by atoms with Crippen LogP contribution in [0.5, 0.6) is 0 Å². The summed E-state index contributed by atoms with van der Waals surface area (Å²) in [7, 11) is -3.45. The Labute approximate surface area is 168 Å². The normalized spacial score (nSPS) is 22.5. The Morgan fingerprint density at radius 2 is 1.86 bits per heavy atom. The summed E-state index contributed by atoms with van der Waals surface area (Å²) in [5.74, 6) is 0.734. The Morgan fingerprint density at radius 3 is 2.54 bits per heavy atom. The average molecular weight is 407 g/mol. The van der Waals surface area contributed by atoms with Gasteiger partial charge in [-0.3, -0.25) is 4.79 Å². The molecule has 1 saturated carbocycles. The maximum atomic E-state index is 13.1. The maximum Gasteiger partial charge on any atom is 0.275 e. The van der Waals surface area contributed by atoms with Gasteiger partial charge in [-0.05, 0) is 74.6 Å². The van der Waals surface area contributed by atoms with E-state index in [4.69, 9.17) is 0 Å². The van der Waals surface area contributed by atoms with Crippen LogP contribution < -0.4 is 10.2 Å². The number of sulfonamides is 1. The van der Waals surface area contributed by atoms with E-state index in [2.05, 4.69) is 12.2 Å². The van der Waals surface area contributed by atoms with Gasteiger partial charge in [0.2, 0.25) is 10.0 Å². The Balaban J connectivity index is 1.33. The summed E-state index contributed by atoms with van der Waals surface area (Å²) in [5.41, 5.74) is 2.49. The van der Waals surface area contributed by atoms with E-state index in [0.29, 0.717) is 43.5 Å². The first-order valence-electron chi connectivity index (χ1n) is 10.7. The first-order chi connectivity index (χ1) is 13.4. The summed E-state index contributed by atoms with van der Waals surface area (Å²) in [5, 5.41) is 3.09. The number of rotatable bonds is 6. The lowest BCUT2D eigenvalue weighted by Crippen LogP contribution is -3.15. The fourth-order valence-corrected chi connectivity index (χ4v) is 5.98. The molecule has 6 nitrogen and oxygen atoms in total. The SMILES string of the molecule is C[C@H](NC(=O)C[NH+]1CCN(S(=O)(=O)c2ccc3c(c2)CCCC3)CC1)C1CC1. The van der Waals surface area contributed by atoms with Crippen molar-refractivity contribution >= 4 is 15.9 Å². The van der Waals surface area contributed by atoms with Crippen LogP contribution in [0, 0.1) is 5.92 Å². The van der Waals surface area contributed by atoms with Gasteiger partial charge < -0.3 is 10.2 Å². The molecule has 4 rings (SSSR count). The fraction of sp³-hybridized carbons (Fsp3) is 0.667. The van der Waals surface area contributed by atoms with Crippen LogP contribution in [0.3, 0.4) is 0 Å². The molecule has 2 fully saturated rings. The number of hydrogen-bond acceptors (Lipinski definition) is 3. The molecule has 28 heavy (non-hydrogen) atoms. The molecule has 2 aliphatic carbocycles. The molecule has 0 spiro atoms. The zero-order valence-electron chi connectivity index (χ0n) is 16.7. The zero-order valence-corrected chi connectivity index (χ0v) is 17.6. The van der Waals surface area contributed by atoms with Crippen LogP contribution in [0.25, 0.3) is 0 Å². The molecule has 1 saturated heterocycles. The lowest BCUT2D eigenvalue weighted by atomic mass is 9.92. The van der Waals surface area contributed by atoms with Crippen LogP contribution >= 0.6 is 0 Å². The summed E-state index contributed by atoms with van der Waals surface area (Å²) >= 11 is 0. The summed E-state index contributed by atoms with van der Waals surface area (Å²) in [4.78, 5) is 13.8. The molecule has 0 unspecified atom stereocenters. The fourth-order valence-electron chi connectivity index (χ4n) is 4.49. The van der Waals surface area contributed by atoms with E-state index in [9.17, 15) is 13.2 Å². The van der Waals surface area contributed by atoms with Gasteiger partial charge in [0.05, 0.1) is 31.1 Å². The minimum absolute atomic E-state index is 0.0837. The molecule has 1 atom stereocenters. The number of benzene rings is 1. The van der Waals surface area contributed by atoms with Gasteiger partial charge in [0.1, 0.15) is 0 Å². The third kappa shape index (κ3) is 4.42. The molecular formula is C21H32N3O3S+. The van der Waals surface area contributed by atoms with Gasteiger partial charge in [-0.25, -0.2) is 8.42 Å². The lowest BCUT2D eigenvalue weighted by molar-refractivity contribution is -0.895. The number of carbonyl (C=O) groups is 1. The van der Waals surface area contributed by atoms with E-state index in [1.807, 2.05) is 12.1 Å². The van der Waals surface area contributed by atoms with Gasteiger partial charge in [0.25, 0.3) is 5.91 Å². The molecule has 0 bridgehead atoms. The molecular weight excluding hydrogens is 374 g/mol. The van der Waals surface area contributed by atoms with Crippen LogP contribution in [0.4, 0.5) is 0 Å². The molecule has 1 aromatic rings. The number of fused-ring (bicyclic) bond motifs is 1. The minimum atomic E-state index is -3.45. The molecule has 0 aromatic heterocycles. The van der Waals surface area contributed by atoms with Crippen molar-refractivity contribution in [2.45, 2.75) is 56.4 Å². The van der Waals surface area contributed by atoms with Crippen molar-refractivity contribution in [3.05, 3.63) is 29.3 Å². The highest BCUT2D eigenvalue weighted by Gasteiger charge is 2.33. The summed E-state index contributed by atoms with van der Waals surface area (Å²) < 4.78 is 27.7. The smallest absolute Gasteiger partial charge is 0.275 e. The van der Waals surface area contributed by atoms with Gasteiger partial charge in [0, 0.05) is 6.04 Å². The molecule has 1 aromatic carbocycles.